The molecule has 0 amide bonds. The lowest BCUT2D eigenvalue weighted by molar-refractivity contribution is 0.0890. The summed E-state index contributed by atoms with van der Waals surface area (Å²) in [6, 6.07) is 3.72. The van der Waals surface area contributed by atoms with Gasteiger partial charge in [0.2, 0.25) is 0 Å². The molecule has 1 aliphatic rings. The highest BCUT2D eigenvalue weighted by molar-refractivity contribution is 5.96. The number of H-pyrrole nitrogens is 1. The summed E-state index contributed by atoms with van der Waals surface area (Å²) in [5, 5.41) is 3.25. The van der Waals surface area contributed by atoms with E-state index in [1.807, 2.05) is 12.1 Å². The molecule has 0 aliphatic carbocycles. The minimum atomic E-state index is 0.222. The molecule has 0 spiro atoms. The highest BCUT2D eigenvalue weighted by atomic mass is 16.1. The molecule has 3 nitrogen and oxygen atoms in total. The smallest absolute Gasteiger partial charge is 0.182 e. The fraction of sp³-hybridized carbons (Fsp3) is 0.500. The van der Waals surface area contributed by atoms with Crippen molar-refractivity contribution in [2.45, 2.75) is 12.8 Å². The average molecular weight is 178 g/mol. The van der Waals surface area contributed by atoms with Crippen LogP contribution in [0.5, 0.6) is 0 Å². The van der Waals surface area contributed by atoms with Gasteiger partial charge in [-0.3, -0.25) is 4.79 Å². The maximum Gasteiger partial charge on any atom is 0.182 e. The molecule has 2 heterocycles. The van der Waals surface area contributed by atoms with Gasteiger partial charge in [0.25, 0.3) is 0 Å². The van der Waals surface area contributed by atoms with E-state index in [1.165, 1.54) is 0 Å². The molecule has 3 heteroatoms. The minimum absolute atomic E-state index is 0.222. The van der Waals surface area contributed by atoms with E-state index < -0.39 is 0 Å². The quantitative estimate of drug-likeness (QED) is 0.668. The number of Topliss-reactive ketones (excluding diaryl/α,β-unsaturated/α-hetero) is 1. The summed E-state index contributed by atoms with van der Waals surface area (Å²) in [6.07, 6.45) is 3.74. The average Bonchev–Trinajstić information content (AvgIpc) is 2.71. The summed E-state index contributed by atoms with van der Waals surface area (Å²) in [4.78, 5) is 14.8. The summed E-state index contributed by atoms with van der Waals surface area (Å²) >= 11 is 0. The van der Waals surface area contributed by atoms with Crippen LogP contribution in [-0.4, -0.2) is 23.9 Å². The lowest BCUT2D eigenvalue weighted by Gasteiger charge is -2.20. The van der Waals surface area contributed by atoms with Gasteiger partial charge in [-0.25, -0.2) is 0 Å². The predicted octanol–water partition coefficient (Wildman–Crippen LogP) is 1.20. The van der Waals surface area contributed by atoms with Crippen molar-refractivity contribution in [1.29, 1.82) is 0 Å². The number of piperidine rings is 1. The molecule has 0 saturated carbocycles. The molecule has 70 valence electrons. The van der Waals surface area contributed by atoms with Gasteiger partial charge in [-0.1, -0.05) is 0 Å². The van der Waals surface area contributed by atoms with Crippen molar-refractivity contribution in [3.63, 3.8) is 0 Å². The van der Waals surface area contributed by atoms with Crippen molar-refractivity contribution >= 4 is 5.78 Å². The Bertz CT molecular complexity index is 273. The molecule has 1 aliphatic heterocycles. The highest BCUT2D eigenvalue weighted by Crippen LogP contribution is 2.16. The van der Waals surface area contributed by atoms with Crippen LogP contribution in [0.1, 0.15) is 23.3 Å². The third-order valence-electron chi connectivity index (χ3n) is 2.57. The number of carbonyl (C=O) groups is 1. The number of hydrogen-bond acceptors (Lipinski definition) is 2. The number of hydrogen-bond donors (Lipinski definition) is 2. The second kappa shape index (κ2) is 3.75. The first kappa shape index (κ1) is 8.51. The maximum atomic E-state index is 11.8. The third kappa shape index (κ3) is 1.80. The first-order chi connectivity index (χ1) is 6.38. The molecule has 2 rings (SSSR count). The molecule has 13 heavy (non-hydrogen) atoms. The van der Waals surface area contributed by atoms with E-state index in [2.05, 4.69) is 10.3 Å². The van der Waals surface area contributed by atoms with Gasteiger partial charge in [0, 0.05) is 12.1 Å². The number of ketones is 1. The summed E-state index contributed by atoms with van der Waals surface area (Å²) < 4.78 is 0. The molecule has 1 saturated heterocycles. The second-order valence-corrected chi connectivity index (χ2v) is 3.47. The van der Waals surface area contributed by atoms with E-state index in [1.54, 1.807) is 6.20 Å². The van der Waals surface area contributed by atoms with Gasteiger partial charge in [-0.15, -0.1) is 0 Å². The Kier molecular flexibility index (Phi) is 2.45. The molecular weight excluding hydrogens is 164 g/mol. The number of carbonyl (C=O) groups excluding carboxylic acids is 1. The Balaban J connectivity index is 2.04. The van der Waals surface area contributed by atoms with Gasteiger partial charge >= 0.3 is 0 Å². The standard InChI is InChI=1S/C10H14N2O/c13-10(9-2-1-5-12-9)8-3-6-11-7-4-8/h1-2,5,8,11-12H,3-4,6-7H2. The summed E-state index contributed by atoms with van der Waals surface area (Å²) in [6.45, 7) is 1.94. The zero-order valence-corrected chi connectivity index (χ0v) is 7.55. The fourth-order valence-electron chi connectivity index (χ4n) is 1.79. The lowest BCUT2D eigenvalue weighted by atomic mass is 9.92. The van der Waals surface area contributed by atoms with Crippen molar-refractivity contribution in [1.82, 2.24) is 10.3 Å². The van der Waals surface area contributed by atoms with Crippen LogP contribution < -0.4 is 5.32 Å². The summed E-state index contributed by atoms with van der Waals surface area (Å²) in [5.74, 6) is 0.492. The van der Waals surface area contributed by atoms with Crippen LogP contribution in [0.15, 0.2) is 18.3 Å². The van der Waals surface area contributed by atoms with E-state index in [4.69, 9.17) is 0 Å². The molecule has 0 unspecified atom stereocenters. The first-order valence-electron chi connectivity index (χ1n) is 4.76. The predicted molar refractivity (Wildman–Crippen MR) is 50.7 cm³/mol. The van der Waals surface area contributed by atoms with Crippen molar-refractivity contribution in [2.24, 2.45) is 5.92 Å². The highest BCUT2D eigenvalue weighted by Gasteiger charge is 2.22. The van der Waals surface area contributed by atoms with Gasteiger partial charge in [0.15, 0.2) is 5.78 Å². The molecule has 1 aromatic heterocycles. The van der Waals surface area contributed by atoms with Crippen molar-refractivity contribution in [3.05, 3.63) is 24.0 Å². The van der Waals surface area contributed by atoms with Crippen LogP contribution in [0.4, 0.5) is 0 Å². The van der Waals surface area contributed by atoms with Crippen LogP contribution in [-0.2, 0) is 0 Å². The number of aromatic nitrogens is 1. The Hall–Kier alpha value is -1.09. The summed E-state index contributed by atoms with van der Waals surface area (Å²) in [5.41, 5.74) is 0.756. The molecule has 0 aromatic carbocycles. The van der Waals surface area contributed by atoms with E-state index in [0.717, 1.165) is 31.6 Å². The van der Waals surface area contributed by atoms with Gasteiger partial charge in [0.05, 0.1) is 5.69 Å². The Labute approximate surface area is 77.5 Å². The Morgan fingerprint density at radius 2 is 2.15 bits per heavy atom. The Morgan fingerprint density at radius 3 is 2.77 bits per heavy atom. The zero-order valence-electron chi connectivity index (χ0n) is 7.55. The zero-order chi connectivity index (χ0) is 9.10. The molecule has 2 N–H and O–H groups in total. The summed E-state index contributed by atoms with van der Waals surface area (Å²) in [7, 11) is 0. The molecule has 1 fully saturated rings. The van der Waals surface area contributed by atoms with Crippen LogP contribution in [0, 0.1) is 5.92 Å². The molecule has 0 atom stereocenters. The van der Waals surface area contributed by atoms with Crippen molar-refractivity contribution in [3.8, 4) is 0 Å². The molecule has 0 radical (unpaired) electrons. The number of nitrogens with one attached hydrogen (secondary N) is 2. The third-order valence-corrected chi connectivity index (χ3v) is 2.57. The van der Waals surface area contributed by atoms with Crippen molar-refractivity contribution in [2.75, 3.05) is 13.1 Å². The maximum absolute atomic E-state index is 11.8. The first-order valence-corrected chi connectivity index (χ1v) is 4.76. The van der Waals surface area contributed by atoms with Crippen LogP contribution in [0.25, 0.3) is 0 Å². The lowest BCUT2D eigenvalue weighted by Crippen LogP contribution is -2.31. The van der Waals surface area contributed by atoms with E-state index in [9.17, 15) is 4.79 Å². The van der Waals surface area contributed by atoms with E-state index in [0.29, 0.717) is 0 Å². The second-order valence-electron chi connectivity index (χ2n) is 3.47. The molecule has 1 aromatic rings. The minimum Gasteiger partial charge on any atom is -0.359 e. The van der Waals surface area contributed by atoms with Gasteiger partial charge in [-0.05, 0) is 38.1 Å². The Morgan fingerprint density at radius 1 is 1.38 bits per heavy atom. The monoisotopic (exact) mass is 178 g/mol. The van der Waals surface area contributed by atoms with Crippen LogP contribution in [0.3, 0.4) is 0 Å². The van der Waals surface area contributed by atoms with Gasteiger partial charge in [0.1, 0.15) is 0 Å². The van der Waals surface area contributed by atoms with E-state index >= 15 is 0 Å². The molecule has 0 bridgehead atoms. The van der Waals surface area contributed by atoms with Crippen LogP contribution >= 0.6 is 0 Å². The van der Waals surface area contributed by atoms with E-state index in [-0.39, 0.29) is 11.7 Å². The SMILES string of the molecule is O=C(c1ccc[nH]1)C1CCNCC1. The number of rotatable bonds is 2. The number of aromatic amines is 1. The fourth-order valence-corrected chi connectivity index (χ4v) is 1.79. The topological polar surface area (TPSA) is 44.9 Å². The normalized spacial score (nSPS) is 18.8. The van der Waals surface area contributed by atoms with Gasteiger partial charge < -0.3 is 10.3 Å². The van der Waals surface area contributed by atoms with Gasteiger partial charge in [-0.2, -0.15) is 0 Å². The van der Waals surface area contributed by atoms with Crippen LogP contribution in [0.2, 0.25) is 0 Å². The molecular formula is C10H14N2O. The largest absolute Gasteiger partial charge is 0.359 e. The van der Waals surface area contributed by atoms with Crippen molar-refractivity contribution < 1.29 is 4.79 Å².